The highest BCUT2D eigenvalue weighted by molar-refractivity contribution is 5.89. The summed E-state index contributed by atoms with van der Waals surface area (Å²) in [6.45, 7) is 0. The van der Waals surface area contributed by atoms with Crippen molar-refractivity contribution in [2.45, 2.75) is 0 Å². The van der Waals surface area contributed by atoms with Gasteiger partial charge in [-0.25, -0.2) is 9.07 Å². The summed E-state index contributed by atoms with van der Waals surface area (Å²) >= 11 is 0. The van der Waals surface area contributed by atoms with Crippen LogP contribution in [0.5, 0.6) is 0 Å². The monoisotopic (exact) mass is 322 g/mol. The molecule has 6 nitrogen and oxygen atoms in total. The minimum Gasteiger partial charge on any atom is -0.369 e. The smallest absolute Gasteiger partial charge is 0.211 e. The highest BCUT2D eigenvalue weighted by Crippen LogP contribution is 2.23. The van der Waals surface area contributed by atoms with Gasteiger partial charge in [0.25, 0.3) is 0 Å². The van der Waals surface area contributed by atoms with Crippen LogP contribution in [0.4, 0.5) is 4.39 Å². The van der Waals surface area contributed by atoms with E-state index in [0.717, 1.165) is 11.3 Å². The Hall–Kier alpha value is -3.48. The van der Waals surface area contributed by atoms with Gasteiger partial charge < -0.3 is 11.5 Å². The number of rotatable bonds is 4. The van der Waals surface area contributed by atoms with Crippen LogP contribution in [0.15, 0.2) is 71.0 Å². The molecule has 0 radical (unpaired) electrons. The van der Waals surface area contributed by atoms with Crippen molar-refractivity contribution in [2.24, 2.45) is 21.7 Å². The molecular weight excluding hydrogens is 307 g/mol. The number of hydrogen-bond acceptors (Lipinski definition) is 3. The van der Waals surface area contributed by atoms with Crippen LogP contribution < -0.4 is 11.5 Å². The number of guanidine groups is 1. The summed E-state index contributed by atoms with van der Waals surface area (Å²) in [5.41, 5.74) is 13.5. The number of para-hydroxylation sites is 1. The molecule has 7 heteroatoms. The molecule has 24 heavy (non-hydrogen) atoms. The number of nitrogens with zero attached hydrogens (tertiary/aromatic N) is 4. The predicted molar refractivity (Wildman–Crippen MR) is 92.4 cm³/mol. The first-order valence-electron chi connectivity index (χ1n) is 7.16. The van der Waals surface area contributed by atoms with Crippen LogP contribution in [0.2, 0.25) is 0 Å². The Kier molecular flexibility index (Phi) is 4.33. The lowest BCUT2D eigenvalue weighted by Gasteiger charge is -2.00. The Morgan fingerprint density at radius 1 is 1.04 bits per heavy atom. The second-order valence-corrected chi connectivity index (χ2v) is 4.99. The molecule has 1 heterocycles. The lowest BCUT2D eigenvalue weighted by atomic mass is 10.1. The largest absolute Gasteiger partial charge is 0.369 e. The van der Waals surface area contributed by atoms with Crippen molar-refractivity contribution in [2.75, 3.05) is 0 Å². The predicted octanol–water partition coefficient (Wildman–Crippen LogP) is 2.29. The van der Waals surface area contributed by atoms with E-state index < -0.39 is 0 Å². The van der Waals surface area contributed by atoms with Gasteiger partial charge in [-0.2, -0.15) is 10.2 Å². The van der Waals surface area contributed by atoms with Gasteiger partial charge in [-0.3, -0.25) is 0 Å². The molecule has 3 aromatic rings. The van der Waals surface area contributed by atoms with Crippen molar-refractivity contribution in [3.05, 3.63) is 72.2 Å². The van der Waals surface area contributed by atoms with E-state index in [1.807, 2.05) is 30.3 Å². The minimum atomic E-state index is -0.308. The zero-order valence-electron chi connectivity index (χ0n) is 12.7. The molecule has 0 aliphatic rings. The molecule has 0 aliphatic carbocycles. The highest BCUT2D eigenvalue weighted by Gasteiger charge is 2.11. The summed E-state index contributed by atoms with van der Waals surface area (Å²) < 4.78 is 14.9. The Bertz CT molecular complexity index is 877. The van der Waals surface area contributed by atoms with Crippen LogP contribution in [-0.4, -0.2) is 22.0 Å². The number of nitrogens with two attached hydrogens (primary N) is 2. The summed E-state index contributed by atoms with van der Waals surface area (Å²) in [4.78, 5) is 0. The van der Waals surface area contributed by atoms with E-state index in [9.17, 15) is 4.39 Å². The Morgan fingerprint density at radius 3 is 2.42 bits per heavy atom. The molecule has 0 atom stereocenters. The van der Waals surface area contributed by atoms with Gasteiger partial charge in [-0.05, 0) is 36.4 Å². The lowest BCUT2D eigenvalue weighted by Crippen LogP contribution is -2.21. The molecule has 3 rings (SSSR count). The summed E-state index contributed by atoms with van der Waals surface area (Å²) in [6, 6.07) is 15.7. The molecule has 0 amide bonds. The van der Waals surface area contributed by atoms with Gasteiger partial charge in [0.05, 0.1) is 11.9 Å². The molecule has 0 bridgehead atoms. The van der Waals surface area contributed by atoms with Crippen LogP contribution >= 0.6 is 0 Å². The normalized spacial score (nSPS) is 10.9. The standard InChI is InChI=1S/C17H15FN6/c18-14-8-6-12(7-9-14)16-13(10-21-22-17(19)20)11-24(23-16)15-4-2-1-3-5-15/h1-11H,(H4,19,20,22)/b21-10+. The molecule has 4 N–H and O–H groups in total. The topological polar surface area (TPSA) is 94.6 Å². The fraction of sp³-hybridized carbons (Fsp3) is 0. The molecule has 120 valence electrons. The van der Waals surface area contributed by atoms with Gasteiger partial charge in [-0.1, -0.05) is 18.2 Å². The fourth-order valence-electron chi connectivity index (χ4n) is 2.18. The molecule has 2 aromatic carbocycles. The van der Waals surface area contributed by atoms with Gasteiger partial charge in [0.15, 0.2) is 0 Å². The van der Waals surface area contributed by atoms with Crippen LogP contribution in [0.25, 0.3) is 16.9 Å². The van der Waals surface area contributed by atoms with E-state index in [1.54, 1.807) is 23.0 Å². The van der Waals surface area contributed by atoms with E-state index in [2.05, 4.69) is 15.3 Å². The number of halogens is 1. The third-order valence-corrected chi connectivity index (χ3v) is 3.25. The number of aromatic nitrogens is 2. The van der Waals surface area contributed by atoms with E-state index in [1.165, 1.54) is 18.3 Å². The van der Waals surface area contributed by atoms with Crippen molar-refractivity contribution in [1.29, 1.82) is 0 Å². The van der Waals surface area contributed by atoms with Gasteiger partial charge in [0.1, 0.15) is 11.5 Å². The maximum absolute atomic E-state index is 13.2. The van der Waals surface area contributed by atoms with Crippen molar-refractivity contribution in [3.8, 4) is 16.9 Å². The van der Waals surface area contributed by atoms with Crippen LogP contribution in [-0.2, 0) is 0 Å². The summed E-state index contributed by atoms with van der Waals surface area (Å²) in [7, 11) is 0. The first kappa shape index (κ1) is 15.4. The number of benzene rings is 2. The molecule has 0 saturated carbocycles. The van der Waals surface area contributed by atoms with Crippen molar-refractivity contribution in [1.82, 2.24) is 9.78 Å². The zero-order valence-corrected chi connectivity index (χ0v) is 12.7. The van der Waals surface area contributed by atoms with E-state index in [-0.39, 0.29) is 11.8 Å². The van der Waals surface area contributed by atoms with E-state index >= 15 is 0 Å². The molecule has 0 aliphatic heterocycles. The molecule has 1 aromatic heterocycles. The van der Waals surface area contributed by atoms with E-state index in [4.69, 9.17) is 11.5 Å². The lowest BCUT2D eigenvalue weighted by molar-refractivity contribution is 0.628. The van der Waals surface area contributed by atoms with Crippen molar-refractivity contribution in [3.63, 3.8) is 0 Å². The van der Waals surface area contributed by atoms with Gasteiger partial charge in [-0.15, -0.1) is 5.10 Å². The summed E-state index contributed by atoms with van der Waals surface area (Å²) in [5.74, 6) is -0.443. The van der Waals surface area contributed by atoms with Crippen LogP contribution in [0.3, 0.4) is 0 Å². The number of hydrogen-bond donors (Lipinski definition) is 2. The molecular formula is C17H15FN6. The van der Waals surface area contributed by atoms with Crippen LogP contribution in [0, 0.1) is 5.82 Å². The quantitative estimate of drug-likeness (QED) is 0.438. The average molecular weight is 322 g/mol. The van der Waals surface area contributed by atoms with Crippen molar-refractivity contribution >= 4 is 12.2 Å². The van der Waals surface area contributed by atoms with E-state index in [0.29, 0.717) is 11.3 Å². The second kappa shape index (κ2) is 6.74. The zero-order chi connectivity index (χ0) is 16.9. The minimum absolute atomic E-state index is 0.134. The molecule has 0 saturated heterocycles. The Morgan fingerprint density at radius 2 is 1.75 bits per heavy atom. The van der Waals surface area contributed by atoms with Gasteiger partial charge >= 0.3 is 0 Å². The van der Waals surface area contributed by atoms with Gasteiger partial charge in [0.2, 0.25) is 5.96 Å². The molecule has 0 fully saturated rings. The fourth-order valence-corrected chi connectivity index (χ4v) is 2.18. The maximum Gasteiger partial charge on any atom is 0.211 e. The maximum atomic E-state index is 13.2. The SMILES string of the molecule is NC(N)=N/N=C/c1cn(-c2ccccc2)nc1-c1ccc(F)cc1. The Labute approximate surface area is 137 Å². The molecule has 0 unspecified atom stereocenters. The first-order valence-corrected chi connectivity index (χ1v) is 7.16. The van der Waals surface area contributed by atoms with Crippen molar-refractivity contribution < 1.29 is 4.39 Å². The third kappa shape index (κ3) is 3.46. The van der Waals surface area contributed by atoms with Crippen LogP contribution in [0.1, 0.15) is 5.56 Å². The summed E-state index contributed by atoms with van der Waals surface area (Å²) in [6.07, 6.45) is 3.31. The first-order chi connectivity index (χ1) is 11.6. The van der Waals surface area contributed by atoms with Gasteiger partial charge in [0, 0.05) is 17.3 Å². The highest BCUT2D eigenvalue weighted by atomic mass is 19.1. The molecule has 0 spiro atoms. The second-order valence-electron chi connectivity index (χ2n) is 4.99. The Balaban J connectivity index is 2.07. The summed E-state index contributed by atoms with van der Waals surface area (Å²) in [5, 5.41) is 12.0. The third-order valence-electron chi connectivity index (χ3n) is 3.25. The average Bonchev–Trinajstić information content (AvgIpc) is 3.00.